The van der Waals surface area contributed by atoms with Gasteiger partial charge in [0.25, 0.3) is 0 Å². The van der Waals surface area contributed by atoms with Gasteiger partial charge in [0.2, 0.25) is 5.91 Å². The van der Waals surface area contributed by atoms with Crippen LogP contribution in [-0.2, 0) is 14.3 Å². The largest absolute Gasteiger partial charge is 0.481 e. The Balaban J connectivity index is 1.71. The lowest BCUT2D eigenvalue weighted by Gasteiger charge is -2.42. The quantitative estimate of drug-likeness (QED) is 0.712. The van der Waals surface area contributed by atoms with Gasteiger partial charge in [0.15, 0.2) is 0 Å². The number of hydrogen-bond donors (Lipinski definition) is 2. The Hall–Kier alpha value is -1.14. The molecule has 2 aliphatic heterocycles. The highest BCUT2D eigenvalue weighted by atomic mass is 16.5. The van der Waals surface area contributed by atoms with Crippen LogP contribution in [0.25, 0.3) is 0 Å². The second-order valence-electron chi connectivity index (χ2n) is 5.09. The van der Waals surface area contributed by atoms with Crippen molar-refractivity contribution in [3.8, 4) is 0 Å². The predicted molar refractivity (Wildman–Crippen MR) is 64.1 cm³/mol. The molecule has 2 heterocycles. The van der Waals surface area contributed by atoms with E-state index >= 15 is 0 Å². The number of aliphatic carboxylic acids is 1. The van der Waals surface area contributed by atoms with E-state index in [1.807, 2.05) is 0 Å². The van der Waals surface area contributed by atoms with E-state index in [0.29, 0.717) is 32.7 Å². The Bertz CT molecular complexity index is 322. The van der Waals surface area contributed by atoms with E-state index in [1.165, 1.54) is 0 Å². The average Bonchev–Trinajstić information content (AvgIpc) is 2.28. The van der Waals surface area contributed by atoms with Crippen molar-refractivity contribution in [2.75, 3.05) is 32.8 Å². The minimum Gasteiger partial charge on any atom is -0.481 e. The SMILES string of the molecule is CC(C(=O)O)C1CN(C(=O)CC2CNCCO2)C1. The zero-order chi connectivity index (χ0) is 13.1. The molecule has 2 atom stereocenters. The van der Waals surface area contributed by atoms with Crippen LogP contribution >= 0.6 is 0 Å². The molecule has 0 aromatic rings. The smallest absolute Gasteiger partial charge is 0.306 e. The van der Waals surface area contributed by atoms with Gasteiger partial charge in [0, 0.05) is 32.1 Å². The van der Waals surface area contributed by atoms with Gasteiger partial charge in [0.1, 0.15) is 0 Å². The molecule has 0 spiro atoms. The average molecular weight is 256 g/mol. The van der Waals surface area contributed by atoms with Crippen molar-refractivity contribution < 1.29 is 19.4 Å². The Morgan fingerprint density at radius 2 is 2.22 bits per heavy atom. The molecule has 102 valence electrons. The molecule has 2 fully saturated rings. The third-order valence-electron chi connectivity index (χ3n) is 3.77. The van der Waals surface area contributed by atoms with Crippen LogP contribution in [0.1, 0.15) is 13.3 Å². The number of hydrogen-bond acceptors (Lipinski definition) is 4. The summed E-state index contributed by atoms with van der Waals surface area (Å²) in [5.41, 5.74) is 0. The van der Waals surface area contributed by atoms with Crippen LogP contribution in [0.4, 0.5) is 0 Å². The van der Waals surface area contributed by atoms with Crippen molar-refractivity contribution in [1.29, 1.82) is 0 Å². The zero-order valence-corrected chi connectivity index (χ0v) is 10.6. The third-order valence-corrected chi connectivity index (χ3v) is 3.77. The topological polar surface area (TPSA) is 78.9 Å². The van der Waals surface area contributed by atoms with Gasteiger partial charge in [-0.05, 0) is 0 Å². The van der Waals surface area contributed by atoms with Crippen LogP contribution in [0.5, 0.6) is 0 Å². The summed E-state index contributed by atoms with van der Waals surface area (Å²) in [5.74, 6) is -0.997. The molecular formula is C12H20N2O4. The molecule has 2 unspecified atom stereocenters. The van der Waals surface area contributed by atoms with E-state index in [4.69, 9.17) is 9.84 Å². The van der Waals surface area contributed by atoms with Crippen LogP contribution in [0.3, 0.4) is 0 Å². The van der Waals surface area contributed by atoms with Gasteiger partial charge in [-0.1, -0.05) is 6.92 Å². The fourth-order valence-electron chi connectivity index (χ4n) is 2.31. The van der Waals surface area contributed by atoms with Crippen molar-refractivity contribution in [1.82, 2.24) is 10.2 Å². The number of amides is 1. The summed E-state index contributed by atoms with van der Waals surface area (Å²) in [5, 5.41) is 12.1. The predicted octanol–water partition coefficient (Wildman–Crippen LogP) is -0.456. The molecule has 6 nitrogen and oxygen atoms in total. The number of morpholine rings is 1. The van der Waals surface area contributed by atoms with Crippen molar-refractivity contribution in [3.63, 3.8) is 0 Å². The van der Waals surface area contributed by atoms with Gasteiger partial charge in [0.05, 0.1) is 25.0 Å². The number of carbonyl (C=O) groups is 2. The molecule has 6 heteroatoms. The number of rotatable bonds is 4. The van der Waals surface area contributed by atoms with Gasteiger partial charge in [-0.2, -0.15) is 0 Å². The van der Waals surface area contributed by atoms with Gasteiger partial charge in [-0.25, -0.2) is 0 Å². The van der Waals surface area contributed by atoms with Crippen LogP contribution in [0, 0.1) is 11.8 Å². The second kappa shape index (κ2) is 5.67. The molecule has 2 rings (SSSR count). The summed E-state index contributed by atoms with van der Waals surface area (Å²) in [6.07, 6.45) is 0.350. The van der Waals surface area contributed by atoms with E-state index in [1.54, 1.807) is 11.8 Å². The third kappa shape index (κ3) is 3.00. The van der Waals surface area contributed by atoms with Crippen molar-refractivity contribution >= 4 is 11.9 Å². The fraction of sp³-hybridized carbons (Fsp3) is 0.833. The molecular weight excluding hydrogens is 236 g/mol. The van der Waals surface area contributed by atoms with Crippen LogP contribution in [0.15, 0.2) is 0 Å². The number of likely N-dealkylation sites (tertiary alicyclic amines) is 1. The van der Waals surface area contributed by atoms with Gasteiger partial charge < -0.3 is 20.1 Å². The summed E-state index contributed by atoms with van der Waals surface area (Å²) in [6.45, 7) is 5.03. The molecule has 0 bridgehead atoms. The van der Waals surface area contributed by atoms with E-state index in [9.17, 15) is 9.59 Å². The molecule has 18 heavy (non-hydrogen) atoms. The maximum atomic E-state index is 11.9. The van der Waals surface area contributed by atoms with Crippen LogP contribution in [-0.4, -0.2) is 60.8 Å². The Kier molecular flexibility index (Phi) is 4.19. The Morgan fingerprint density at radius 1 is 1.50 bits per heavy atom. The van der Waals surface area contributed by atoms with Gasteiger partial charge >= 0.3 is 5.97 Å². The highest BCUT2D eigenvalue weighted by Crippen LogP contribution is 2.25. The minimum atomic E-state index is -0.785. The lowest BCUT2D eigenvalue weighted by molar-refractivity contribution is -0.151. The number of carboxylic acid groups (broad SMARTS) is 1. The molecule has 0 radical (unpaired) electrons. The maximum Gasteiger partial charge on any atom is 0.306 e. The first-order valence-corrected chi connectivity index (χ1v) is 6.41. The molecule has 2 saturated heterocycles. The summed E-state index contributed by atoms with van der Waals surface area (Å²) < 4.78 is 5.48. The van der Waals surface area contributed by atoms with Crippen LogP contribution < -0.4 is 5.32 Å². The fourth-order valence-corrected chi connectivity index (χ4v) is 2.31. The Morgan fingerprint density at radius 3 is 2.78 bits per heavy atom. The number of carboxylic acids is 1. The molecule has 0 saturated carbocycles. The minimum absolute atomic E-state index is 0.0396. The lowest BCUT2D eigenvalue weighted by atomic mass is 9.87. The van der Waals surface area contributed by atoms with Crippen molar-refractivity contribution in [2.24, 2.45) is 11.8 Å². The summed E-state index contributed by atoms with van der Waals surface area (Å²) in [4.78, 5) is 24.4. The summed E-state index contributed by atoms with van der Waals surface area (Å²) >= 11 is 0. The first kappa shape index (κ1) is 13.3. The normalized spacial score (nSPS) is 26.5. The number of ether oxygens (including phenoxy) is 1. The summed E-state index contributed by atoms with van der Waals surface area (Å²) in [7, 11) is 0. The van der Waals surface area contributed by atoms with Crippen molar-refractivity contribution in [2.45, 2.75) is 19.4 Å². The number of nitrogens with one attached hydrogen (secondary N) is 1. The highest BCUT2D eigenvalue weighted by molar-refractivity contribution is 5.78. The molecule has 2 aliphatic rings. The zero-order valence-electron chi connectivity index (χ0n) is 10.6. The van der Waals surface area contributed by atoms with E-state index in [0.717, 1.165) is 6.54 Å². The first-order valence-electron chi connectivity index (χ1n) is 6.41. The van der Waals surface area contributed by atoms with Gasteiger partial charge in [-0.3, -0.25) is 9.59 Å². The lowest BCUT2D eigenvalue weighted by Crippen LogP contribution is -2.54. The molecule has 2 N–H and O–H groups in total. The monoisotopic (exact) mass is 256 g/mol. The molecule has 1 amide bonds. The van der Waals surface area contributed by atoms with E-state index in [-0.39, 0.29) is 23.8 Å². The molecule has 0 aromatic carbocycles. The molecule has 0 aliphatic carbocycles. The summed E-state index contributed by atoms with van der Waals surface area (Å²) in [6, 6.07) is 0. The van der Waals surface area contributed by atoms with E-state index in [2.05, 4.69) is 5.32 Å². The Labute approximate surface area is 106 Å². The van der Waals surface area contributed by atoms with Gasteiger partial charge in [-0.15, -0.1) is 0 Å². The number of carbonyl (C=O) groups excluding carboxylic acids is 1. The highest BCUT2D eigenvalue weighted by Gasteiger charge is 2.37. The van der Waals surface area contributed by atoms with Crippen molar-refractivity contribution in [3.05, 3.63) is 0 Å². The standard InChI is InChI=1S/C12H20N2O4/c1-8(12(16)17)9-6-14(7-9)11(15)4-10-5-13-2-3-18-10/h8-10,13H,2-7H2,1H3,(H,16,17). The van der Waals surface area contributed by atoms with Crippen LogP contribution in [0.2, 0.25) is 0 Å². The maximum absolute atomic E-state index is 11.9. The first-order chi connectivity index (χ1) is 8.58. The van der Waals surface area contributed by atoms with E-state index < -0.39 is 5.97 Å². The molecule has 0 aromatic heterocycles. The number of nitrogens with zero attached hydrogens (tertiary/aromatic N) is 1. The second-order valence-corrected chi connectivity index (χ2v) is 5.09.